The fourth-order valence-electron chi connectivity index (χ4n) is 1.04. The first-order valence-electron chi connectivity index (χ1n) is 3.88. The molecule has 0 saturated heterocycles. The Morgan fingerprint density at radius 3 is 3.00 bits per heavy atom. The lowest BCUT2D eigenvalue weighted by Gasteiger charge is -2.10. The highest BCUT2D eigenvalue weighted by Crippen LogP contribution is 2.14. The van der Waals surface area contributed by atoms with Crippen LogP contribution in [0.2, 0.25) is 0 Å². The Bertz CT molecular complexity index is 273. The van der Waals surface area contributed by atoms with E-state index in [0.29, 0.717) is 5.56 Å². The van der Waals surface area contributed by atoms with Gasteiger partial charge in [-0.3, -0.25) is 9.78 Å². The molecule has 0 aliphatic rings. The number of rotatable bonds is 3. The molecule has 1 heterocycles. The molecule has 70 valence electrons. The molecule has 0 bridgehead atoms. The van der Waals surface area contributed by atoms with Gasteiger partial charge in [-0.05, 0) is 11.6 Å². The largest absolute Gasteiger partial charge is 0.468 e. The van der Waals surface area contributed by atoms with Crippen molar-refractivity contribution >= 4 is 5.97 Å². The Balaban J connectivity index is 2.85. The monoisotopic (exact) mass is 181 g/mol. The molecule has 0 saturated carbocycles. The maximum atomic E-state index is 11.1. The van der Waals surface area contributed by atoms with Gasteiger partial charge in [-0.15, -0.1) is 0 Å². The summed E-state index contributed by atoms with van der Waals surface area (Å²) in [5.41, 5.74) is 0.664. The minimum absolute atomic E-state index is 0.266. The Kier molecular flexibility index (Phi) is 3.40. The summed E-state index contributed by atoms with van der Waals surface area (Å²) in [7, 11) is 1.29. The summed E-state index contributed by atoms with van der Waals surface area (Å²) in [6.07, 6.45) is 3.15. The van der Waals surface area contributed by atoms with Crippen molar-refractivity contribution in [3.8, 4) is 0 Å². The zero-order valence-corrected chi connectivity index (χ0v) is 7.30. The van der Waals surface area contributed by atoms with Crippen LogP contribution in [0, 0.1) is 0 Å². The molecule has 0 fully saturated rings. The van der Waals surface area contributed by atoms with Crippen molar-refractivity contribution in [2.45, 2.75) is 5.92 Å². The normalized spacial score (nSPS) is 12.2. The van der Waals surface area contributed by atoms with Crippen molar-refractivity contribution in [2.75, 3.05) is 13.7 Å². The van der Waals surface area contributed by atoms with Crippen LogP contribution in [0.15, 0.2) is 24.5 Å². The van der Waals surface area contributed by atoms with Crippen molar-refractivity contribution in [1.82, 2.24) is 4.98 Å². The molecule has 4 heteroatoms. The van der Waals surface area contributed by atoms with E-state index in [9.17, 15) is 4.79 Å². The highest BCUT2D eigenvalue weighted by Gasteiger charge is 2.19. The minimum Gasteiger partial charge on any atom is -0.468 e. The van der Waals surface area contributed by atoms with Crippen molar-refractivity contribution in [3.05, 3.63) is 30.1 Å². The molecule has 1 rings (SSSR count). The van der Waals surface area contributed by atoms with Crippen molar-refractivity contribution in [1.29, 1.82) is 0 Å². The summed E-state index contributed by atoms with van der Waals surface area (Å²) >= 11 is 0. The third-order valence-corrected chi connectivity index (χ3v) is 1.76. The lowest BCUT2D eigenvalue weighted by molar-refractivity contribution is -0.143. The fraction of sp³-hybridized carbons (Fsp3) is 0.333. The van der Waals surface area contributed by atoms with Crippen LogP contribution in [0.5, 0.6) is 0 Å². The van der Waals surface area contributed by atoms with Crippen LogP contribution in [0.3, 0.4) is 0 Å². The number of ether oxygens (including phenoxy) is 1. The molecule has 0 aliphatic carbocycles. The number of methoxy groups -OCH3 is 1. The number of aliphatic hydroxyl groups is 1. The topological polar surface area (TPSA) is 59.4 Å². The highest BCUT2D eigenvalue weighted by atomic mass is 16.5. The SMILES string of the molecule is COC(=O)C(CO)c1cccnc1. The van der Waals surface area contributed by atoms with Gasteiger partial charge >= 0.3 is 5.97 Å². The second-order valence-electron chi connectivity index (χ2n) is 2.54. The van der Waals surface area contributed by atoms with Crippen molar-refractivity contribution in [3.63, 3.8) is 0 Å². The van der Waals surface area contributed by atoms with E-state index < -0.39 is 11.9 Å². The molecule has 4 nitrogen and oxygen atoms in total. The summed E-state index contributed by atoms with van der Waals surface area (Å²) in [6, 6.07) is 3.44. The van der Waals surface area contributed by atoms with E-state index in [1.54, 1.807) is 18.3 Å². The van der Waals surface area contributed by atoms with Gasteiger partial charge in [-0.25, -0.2) is 0 Å². The molecular weight excluding hydrogens is 170 g/mol. The lowest BCUT2D eigenvalue weighted by atomic mass is 10.0. The van der Waals surface area contributed by atoms with Gasteiger partial charge in [0.25, 0.3) is 0 Å². The molecule has 0 aliphatic heterocycles. The molecule has 0 aromatic carbocycles. The van der Waals surface area contributed by atoms with Gasteiger partial charge < -0.3 is 9.84 Å². The third kappa shape index (κ3) is 2.26. The molecule has 0 spiro atoms. The van der Waals surface area contributed by atoms with E-state index in [-0.39, 0.29) is 6.61 Å². The zero-order valence-electron chi connectivity index (χ0n) is 7.30. The zero-order chi connectivity index (χ0) is 9.68. The molecule has 13 heavy (non-hydrogen) atoms. The summed E-state index contributed by atoms with van der Waals surface area (Å²) in [5, 5.41) is 8.95. The van der Waals surface area contributed by atoms with E-state index in [4.69, 9.17) is 5.11 Å². The van der Waals surface area contributed by atoms with Gasteiger partial charge in [-0.2, -0.15) is 0 Å². The molecule has 0 radical (unpaired) electrons. The summed E-state index contributed by atoms with van der Waals surface area (Å²) in [6.45, 7) is -0.266. The lowest BCUT2D eigenvalue weighted by Crippen LogP contribution is -2.17. The Morgan fingerprint density at radius 1 is 1.77 bits per heavy atom. The van der Waals surface area contributed by atoms with Crippen molar-refractivity contribution < 1.29 is 14.6 Å². The number of carbonyl (C=O) groups excluding carboxylic acids is 1. The van der Waals surface area contributed by atoms with Crippen LogP contribution in [-0.2, 0) is 9.53 Å². The molecule has 1 N–H and O–H groups in total. The number of pyridine rings is 1. The first kappa shape index (κ1) is 9.67. The summed E-state index contributed by atoms with van der Waals surface area (Å²) in [5.74, 6) is -1.07. The number of nitrogens with zero attached hydrogens (tertiary/aromatic N) is 1. The van der Waals surface area contributed by atoms with Gasteiger partial charge in [0.15, 0.2) is 0 Å². The molecule has 1 unspecified atom stereocenters. The maximum absolute atomic E-state index is 11.1. The van der Waals surface area contributed by atoms with Crippen LogP contribution in [-0.4, -0.2) is 29.8 Å². The number of esters is 1. The smallest absolute Gasteiger partial charge is 0.315 e. The van der Waals surface area contributed by atoms with E-state index in [0.717, 1.165) is 0 Å². The van der Waals surface area contributed by atoms with E-state index in [1.165, 1.54) is 13.3 Å². The molecule has 1 atom stereocenters. The quantitative estimate of drug-likeness (QED) is 0.683. The standard InChI is InChI=1S/C9H11NO3/c1-13-9(12)8(6-11)7-3-2-4-10-5-7/h2-5,8,11H,6H2,1H3. The highest BCUT2D eigenvalue weighted by molar-refractivity contribution is 5.77. The maximum Gasteiger partial charge on any atom is 0.315 e. The van der Waals surface area contributed by atoms with Crippen LogP contribution in [0.1, 0.15) is 11.5 Å². The number of aliphatic hydroxyl groups excluding tert-OH is 1. The number of hydrogen-bond donors (Lipinski definition) is 1. The fourth-order valence-corrected chi connectivity index (χ4v) is 1.04. The number of hydrogen-bond acceptors (Lipinski definition) is 4. The van der Waals surface area contributed by atoms with E-state index in [1.807, 2.05) is 0 Å². The summed E-state index contributed by atoms with van der Waals surface area (Å²) in [4.78, 5) is 15.0. The number of carbonyl (C=O) groups is 1. The van der Waals surface area contributed by atoms with E-state index >= 15 is 0 Å². The average molecular weight is 181 g/mol. The molecule has 1 aromatic heterocycles. The van der Waals surface area contributed by atoms with Crippen LogP contribution in [0.4, 0.5) is 0 Å². The van der Waals surface area contributed by atoms with Gasteiger partial charge in [0.1, 0.15) is 5.92 Å². The Morgan fingerprint density at radius 2 is 2.54 bits per heavy atom. The average Bonchev–Trinajstić information content (AvgIpc) is 2.20. The van der Waals surface area contributed by atoms with Gasteiger partial charge in [-0.1, -0.05) is 6.07 Å². The van der Waals surface area contributed by atoms with Crippen molar-refractivity contribution in [2.24, 2.45) is 0 Å². The minimum atomic E-state index is -0.626. The van der Waals surface area contributed by atoms with E-state index in [2.05, 4.69) is 9.72 Å². The van der Waals surface area contributed by atoms with Crippen LogP contribution < -0.4 is 0 Å². The third-order valence-electron chi connectivity index (χ3n) is 1.76. The predicted molar refractivity (Wildman–Crippen MR) is 46.1 cm³/mol. The first-order valence-corrected chi connectivity index (χ1v) is 3.88. The van der Waals surface area contributed by atoms with Gasteiger partial charge in [0.05, 0.1) is 13.7 Å². The second kappa shape index (κ2) is 4.57. The molecule has 1 aromatic rings. The molecule has 0 amide bonds. The number of aromatic nitrogens is 1. The van der Waals surface area contributed by atoms with Crippen LogP contribution >= 0.6 is 0 Å². The summed E-state index contributed by atoms with van der Waals surface area (Å²) < 4.78 is 4.53. The molecular formula is C9H11NO3. The Hall–Kier alpha value is -1.42. The Labute approximate surface area is 76.2 Å². The second-order valence-corrected chi connectivity index (χ2v) is 2.54. The van der Waals surface area contributed by atoms with Gasteiger partial charge in [0, 0.05) is 12.4 Å². The first-order chi connectivity index (χ1) is 6.29. The predicted octanol–water partition coefficient (Wildman–Crippen LogP) is 0.330. The van der Waals surface area contributed by atoms with Crippen LogP contribution in [0.25, 0.3) is 0 Å². The van der Waals surface area contributed by atoms with Gasteiger partial charge in [0.2, 0.25) is 0 Å².